The van der Waals surface area contributed by atoms with Crippen molar-refractivity contribution in [3.05, 3.63) is 24.0 Å². The van der Waals surface area contributed by atoms with Crippen LogP contribution in [0.25, 0.3) is 0 Å². The number of nitrogen functional groups attached to an aromatic ring is 1. The van der Waals surface area contributed by atoms with Gasteiger partial charge in [-0.3, -0.25) is 0 Å². The van der Waals surface area contributed by atoms with Gasteiger partial charge in [0.05, 0.1) is 5.69 Å². The molecule has 0 aromatic heterocycles. The molecule has 1 rings (SSSR count). The molecule has 0 saturated heterocycles. The Morgan fingerprint density at radius 2 is 1.95 bits per heavy atom. The lowest BCUT2D eigenvalue weighted by Crippen LogP contribution is -2.35. The highest BCUT2D eigenvalue weighted by Crippen LogP contribution is 2.20. The predicted octanol–water partition coefficient (Wildman–Crippen LogP) is 1.03. The molecule has 0 saturated carbocycles. The van der Waals surface area contributed by atoms with Crippen LogP contribution in [0, 0.1) is 5.82 Å². The molecule has 3 N–H and O–H groups in total. The van der Waals surface area contributed by atoms with Crippen LogP contribution in [0.4, 0.5) is 10.1 Å². The van der Waals surface area contributed by atoms with Crippen molar-refractivity contribution in [2.45, 2.75) is 18.7 Å². The molecule has 0 heterocycles. The van der Waals surface area contributed by atoms with E-state index in [-0.39, 0.29) is 12.2 Å². The van der Waals surface area contributed by atoms with E-state index >= 15 is 0 Å². The minimum Gasteiger partial charge on any atom is -0.398 e. The molecule has 0 atom stereocenters. The van der Waals surface area contributed by atoms with Gasteiger partial charge in [-0.25, -0.2) is 17.5 Å². The van der Waals surface area contributed by atoms with Crippen LogP contribution in [0.15, 0.2) is 23.1 Å². The van der Waals surface area contributed by atoms with E-state index in [4.69, 9.17) is 5.73 Å². The minimum atomic E-state index is -3.91. The van der Waals surface area contributed by atoms with E-state index in [0.29, 0.717) is 6.54 Å². The van der Waals surface area contributed by atoms with Gasteiger partial charge in [0, 0.05) is 13.1 Å². The molecule has 0 radical (unpaired) electrons. The van der Waals surface area contributed by atoms with Crippen molar-refractivity contribution in [1.82, 2.24) is 9.62 Å². The van der Waals surface area contributed by atoms with Crippen molar-refractivity contribution in [2.24, 2.45) is 0 Å². The SMILES string of the molecule is CCN(CC)CCNS(=O)(=O)c1c(N)cccc1F. The van der Waals surface area contributed by atoms with Gasteiger partial charge in [0.25, 0.3) is 0 Å². The van der Waals surface area contributed by atoms with E-state index in [0.717, 1.165) is 19.2 Å². The van der Waals surface area contributed by atoms with Crippen molar-refractivity contribution < 1.29 is 12.8 Å². The van der Waals surface area contributed by atoms with Crippen LogP contribution in [0.1, 0.15) is 13.8 Å². The molecule has 0 aliphatic heterocycles. The van der Waals surface area contributed by atoms with Gasteiger partial charge in [-0.15, -0.1) is 0 Å². The topological polar surface area (TPSA) is 75.4 Å². The molecule has 7 heteroatoms. The first-order chi connectivity index (χ1) is 8.92. The van der Waals surface area contributed by atoms with Crippen LogP contribution in [-0.2, 0) is 10.0 Å². The first-order valence-corrected chi connectivity index (χ1v) is 7.66. The molecule has 0 aliphatic carbocycles. The molecular formula is C12H20FN3O2S. The fraction of sp³-hybridized carbons (Fsp3) is 0.500. The van der Waals surface area contributed by atoms with Crippen LogP contribution < -0.4 is 10.5 Å². The maximum atomic E-state index is 13.6. The molecule has 5 nitrogen and oxygen atoms in total. The molecule has 0 unspecified atom stereocenters. The molecule has 0 aliphatic rings. The Kier molecular flexibility index (Phi) is 5.71. The summed E-state index contributed by atoms with van der Waals surface area (Å²) in [5, 5.41) is 0. The number of nitrogens with two attached hydrogens (primary N) is 1. The van der Waals surface area contributed by atoms with Gasteiger partial charge < -0.3 is 10.6 Å². The first kappa shape index (κ1) is 15.9. The summed E-state index contributed by atoms with van der Waals surface area (Å²) in [6.45, 7) is 6.44. The molecule has 0 fully saturated rings. The summed E-state index contributed by atoms with van der Waals surface area (Å²) in [5.41, 5.74) is 5.43. The van der Waals surface area contributed by atoms with Crippen LogP contribution in [0.5, 0.6) is 0 Å². The van der Waals surface area contributed by atoms with Crippen molar-refractivity contribution in [3.8, 4) is 0 Å². The molecular weight excluding hydrogens is 269 g/mol. The van der Waals surface area contributed by atoms with Gasteiger partial charge in [0.2, 0.25) is 10.0 Å². The van der Waals surface area contributed by atoms with E-state index < -0.39 is 20.7 Å². The number of anilines is 1. The number of benzene rings is 1. The fourth-order valence-electron chi connectivity index (χ4n) is 1.76. The van der Waals surface area contributed by atoms with Gasteiger partial charge in [-0.1, -0.05) is 19.9 Å². The normalized spacial score (nSPS) is 12.0. The minimum absolute atomic E-state index is 0.0876. The molecule has 108 valence electrons. The number of sulfonamides is 1. The van der Waals surface area contributed by atoms with E-state index in [9.17, 15) is 12.8 Å². The average molecular weight is 289 g/mol. The predicted molar refractivity (Wildman–Crippen MR) is 73.8 cm³/mol. The summed E-state index contributed by atoms with van der Waals surface area (Å²) < 4.78 is 39.9. The second kappa shape index (κ2) is 6.83. The zero-order valence-corrected chi connectivity index (χ0v) is 12.0. The van der Waals surface area contributed by atoms with Crippen LogP contribution in [0.2, 0.25) is 0 Å². The van der Waals surface area contributed by atoms with E-state index in [1.807, 2.05) is 13.8 Å². The Morgan fingerprint density at radius 3 is 2.47 bits per heavy atom. The number of nitrogens with zero attached hydrogens (tertiary/aromatic N) is 1. The monoisotopic (exact) mass is 289 g/mol. The number of likely N-dealkylation sites (N-methyl/N-ethyl adjacent to an activating group) is 1. The molecule has 0 amide bonds. The Morgan fingerprint density at radius 1 is 1.32 bits per heavy atom. The smallest absolute Gasteiger partial charge is 0.245 e. The molecule has 0 bridgehead atoms. The second-order valence-corrected chi connectivity index (χ2v) is 5.79. The maximum Gasteiger partial charge on any atom is 0.245 e. The molecule has 1 aromatic carbocycles. The van der Waals surface area contributed by atoms with Gasteiger partial charge >= 0.3 is 0 Å². The lowest BCUT2D eigenvalue weighted by molar-refractivity contribution is 0.309. The Labute approximate surface area is 113 Å². The Hall–Kier alpha value is -1.18. The van der Waals surface area contributed by atoms with Gasteiger partial charge in [0.15, 0.2) is 0 Å². The van der Waals surface area contributed by atoms with Gasteiger partial charge in [-0.2, -0.15) is 0 Å². The highest BCUT2D eigenvalue weighted by Gasteiger charge is 2.21. The number of hydrogen-bond donors (Lipinski definition) is 2. The van der Waals surface area contributed by atoms with Gasteiger partial charge in [-0.05, 0) is 25.2 Å². The molecule has 1 aromatic rings. The summed E-state index contributed by atoms with van der Waals surface area (Å²) >= 11 is 0. The highest BCUT2D eigenvalue weighted by molar-refractivity contribution is 7.89. The zero-order valence-electron chi connectivity index (χ0n) is 11.2. The van der Waals surface area contributed by atoms with Crippen LogP contribution in [0.3, 0.4) is 0 Å². The maximum absolute atomic E-state index is 13.6. The van der Waals surface area contributed by atoms with E-state index in [2.05, 4.69) is 9.62 Å². The first-order valence-electron chi connectivity index (χ1n) is 6.18. The largest absolute Gasteiger partial charge is 0.398 e. The van der Waals surface area contributed by atoms with Crippen molar-refractivity contribution in [3.63, 3.8) is 0 Å². The number of rotatable bonds is 7. The highest BCUT2D eigenvalue weighted by atomic mass is 32.2. The molecule has 19 heavy (non-hydrogen) atoms. The summed E-state index contributed by atoms with van der Waals surface area (Å²) in [7, 11) is -3.91. The quantitative estimate of drug-likeness (QED) is 0.735. The summed E-state index contributed by atoms with van der Waals surface area (Å²) in [6.07, 6.45) is 0. The van der Waals surface area contributed by atoms with Crippen LogP contribution in [-0.4, -0.2) is 39.5 Å². The lowest BCUT2D eigenvalue weighted by atomic mass is 10.3. The van der Waals surface area contributed by atoms with Crippen molar-refractivity contribution in [1.29, 1.82) is 0 Å². The Balaban J connectivity index is 2.77. The van der Waals surface area contributed by atoms with Crippen molar-refractivity contribution >= 4 is 15.7 Å². The third-order valence-electron chi connectivity index (χ3n) is 2.88. The summed E-state index contributed by atoms with van der Waals surface area (Å²) in [6, 6.07) is 3.82. The van der Waals surface area contributed by atoms with Gasteiger partial charge in [0.1, 0.15) is 10.7 Å². The van der Waals surface area contributed by atoms with Crippen molar-refractivity contribution in [2.75, 3.05) is 31.9 Å². The third-order valence-corrected chi connectivity index (χ3v) is 4.43. The average Bonchev–Trinajstić information content (AvgIpc) is 2.34. The standard InChI is InChI=1S/C12H20FN3O2S/c1-3-16(4-2)9-8-15-19(17,18)12-10(13)6-5-7-11(12)14/h5-7,15H,3-4,8-9,14H2,1-2H3. The fourth-order valence-corrected chi connectivity index (χ4v) is 2.97. The summed E-state index contributed by atoms with van der Waals surface area (Å²) in [5.74, 6) is -0.838. The second-order valence-electron chi connectivity index (χ2n) is 4.08. The van der Waals surface area contributed by atoms with E-state index in [1.165, 1.54) is 12.1 Å². The summed E-state index contributed by atoms with van der Waals surface area (Å²) in [4.78, 5) is 1.59. The zero-order chi connectivity index (χ0) is 14.5. The van der Waals surface area contributed by atoms with Crippen LogP contribution >= 0.6 is 0 Å². The molecule has 0 spiro atoms. The number of nitrogens with one attached hydrogen (secondary N) is 1. The number of halogens is 1. The third kappa shape index (κ3) is 4.15. The number of hydrogen-bond acceptors (Lipinski definition) is 4. The lowest BCUT2D eigenvalue weighted by Gasteiger charge is -2.18. The Bertz CT molecular complexity index is 495. The van der Waals surface area contributed by atoms with E-state index in [1.54, 1.807) is 0 Å².